The van der Waals surface area contributed by atoms with Crippen molar-refractivity contribution in [2.75, 3.05) is 0 Å². The first-order chi connectivity index (χ1) is 36.7. The van der Waals surface area contributed by atoms with E-state index >= 15 is 0 Å². The van der Waals surface area contributed by atoms with Gasteiger partial charge in [-0.25, -0.2) is 19.9 Å². The van der Waals surface area contributed by atoms with Crippen LogP contribution in [0.4, 0.5) is 0 Å². The highest BCUT2D eigenvalue weighted by Crippen LogP contribution is 2.57. The second-order valence-electron chi connectivity index (χ2n) is 19.2. The van der Waals surface area contributed by atoms with E-state index in [1.807, 2.05) is 0 Å². The van der Waals surface area contributed by atoms with Gasteiger partial charge in [-0.1, -0.05) is 194 Å². The third-order valence-corrected chi connectivity index (χ3v) is 17.0. The Morgan fingerprint density at radius 1 is 0.257 bits per heavy atom. The van der Waals surface area contributed by atoms with Gasteiger partial charge >= 0.3 is 0 Å². The monoisotopic (exact) mass is 978 g/mol. The van der Waals surface area contributed by atoms with E-state index in [1.54, 1.807) is 22.7 Å². The van der Waals surface area contributed by atoms with Crippen LogP contribution in [0.25, 0.3) is 110 Å². The zero-order chi connectivity index (χ0) is 48.7. The molecular formula is C68H42N4S2. The number of nitrogens with zero attached hydrogens (tertiary/aromatic N) is 4. The Morgan fingerprint density at radius 3 is 1.08 bits per heavy atom. The van der Waals surface area contributed by atoms with Crippen molar-refractivity contribution >= 4 is 42.8 Å². The molecule has 4 heterocycles. The molecule has 3 aliphatic rings. The molecule has 4 nitrogen and oxygen atoms in total. The molecule has 0 fully saturated rings. The van der Waals surface area contributed by atoms with E-state index in [-0.39, 0.29) is 11.8 Å². The SMILES string of the molecule is c1ccc(-c2cc(-c3ccccc3-c3csc4ccccc34)nc(-c3ccc4c(c3)C3c5ccccc5C4c4cc(-c5nc(-c6ccccc6)cc(-c6ccccc6-c6csc7ccccc67)n5)ccc43)n2)cc1. The van der Waals surface area contributed by atoms with Crippen molar-refractivity contribution in [2.24, 2.45) is 0 Å². The number of hydrogen-bond acceptors (Lipinski definition) is 6. The standard InChI is InChI=1S/C68H42N4S2/c1-3-17-41(18-4-1)59-37-61(47-23-9-7-21-45(47)57-39-73-63-29-15-13-25-49(57)63)71-67(69-59)43-31-33-53-55(35-43)65-51-27-11-12-28-52(51)66(53)56-36-44(32-34-54(56)65)68-70-60(42-19-5-2-6-20-42)38-62(72-68)48-24-10-8-22-46(48)58-40-74-64-30-16-14-26-50(58)64/h1-40,65-66H. The summed E-state index contributed by atoms with van der Waals surface area (Å²) in [6.07, 6.45) is 0. The molecule has 0 N–H and O–H groups in total. The molecule has 6 heteroatoms. The van der Waals surface area contributed by atoms with Crippen molar-refractivity contribution in [3.05, 3.63) is 275 Å². The van der Waals surface area contributed by atoms with Gasteiger partial charge in [-0.2, -0.15) is 0 Å². The summed E-state index contributed by atoms with van der Waals surface area (Å²) in [6.45, 7) is 0. The first-order valence-electron chi connectivity index (χ1n) is 25.1. The molecule has 0 radical (unpaired) electrons. The van der Waals surface area contributed by atoms with Crippen LogP contribution in [0, 0.1) is 0 Å². The van der Waals surface area contributed by atoms with Gasteiger partial charge in [0.25, 0.3) is 0 Å². The van der Waals surface area contributed by atoms with Crippen LogP contribution in [0.15, 0.2) is 241 Å². The lowest BCUT2D eigenvalue weighted by atomic mass is 9.61. The molecule has 346 valence electrons. The molecule has 0 spiro atoms. The molecule has 0 amide bonds. The Bertz CT molecular complexity index is 4070. The number of fused-ring (bicyclic) bond motifs is 2. The van der Waals surface area contributed by atoms with Crippen LogP contribution in [-0.4, -0.2) is 19.9 Å². The summed E-state index contributed by atoms with van der Waals surface area (Å²) < 4.78 is 2.54. The van der Waals surface area contributed by atoms with E-state index < -0.39 is 0 Å². The number of rotatable bonds is 8. The number of benzene rings is 9. The predicted octanol–water partition coefficient (Wildman–Crippen LogP) is 18.0. The molecule has 4 aromatic heterocycles. The average Bonchev–Trinajstić information content (AvgIpc) is 4.16. The summed E-state index contributed by atoms with van der Waals surface area (Å²) in [7, 11) is 0. The van der Waals surface area contributed by atoms with E-state index in [9.17, 15) is 0 Å². The second-order valence-corrected chi connectivity index (χ2v) is 21.0. The van der Waals surface area contributed by atoms with Gasteiger partial charge in [0.2, 0.25) is 0 Å². The van der Waals surface area contributed by atoms with Crippen molar-refractivity contribution < 1.29 is 0 Å². The highest BCUT2D eigenvalue weighted by atomic mass is 32.1. The summed E-state index contributed by atoms with van der Waals surface area (Å²) in [5.74, 6) is 1.47. The first-order valence-corrected chi connectivity index (χ1v) is 26.8. The smallest absolute Gasteiger partial charge is 0.160 e. The third-order valence-electron chi connectivity index (χ3n) is 15.1. The minimum atomic E-state index is 0.0269. The van der Waals surface area contributed by atoms with Crippen molar-refractivity contribution in [2.45, 2.75) is 11.8 Å². The molecule has 13 aromatic rings. The number of thiophene rings is 2. The molecule has 2 bridgehead atoms. The van der Waals surface area contributed by atoms with Gasteiger partial charge in [0.1, 0.15) is 0 Å². The zero-order valence-corrected chi connectivity index (χ0v) is 41.5. The molecule has 16 rings (SSSR count). The fraction of sp³-hybridized carbons (Fsp3) is 0.0294. The largest absolute Gasteiger partial charge is 0.228 e. The predicted molar refractivity (Wildman–Crippen MR) is 307 cm³/mol. The molecule has 2 unspecified atom stereocenters. The number of aromatic nitrogens is 4. The Balaban J connectivity index is 0.860. The van der Waals surface area contributed by atoms with E-state index in [0.29, 0.717) is 11.6 Å². The molecule has 9 aromatic carbocycles. The van der Waals surface area contributed by atoms with Gasteiger partial charge in [0, 0.05) is 76.5 Å². The molecule has 2 atom stereocenters. The maximum Gasteiger partial charge on any atom is 0.160 e. The first kappa shape index (κ1) is 42.7. The van der Waals surface area contributed by atoms with Crippen molar-refractivity contribution in [3.63, 3.8) is 0 Å². The van der Waals surface area contributed by atoms with Crippen LogP contribution in [0.1, 0.15) is 45.2 Å². The summed E-state index contributed by atoms with van der Waals surface area (Å²) in [6, 6.07) is 82.9. The van der Waals surface area contributed by atoms with Gasteiger partial charge in [-0.05, 0) is 91.7 Å². The third kappa shape index (κ3) is 7.02. The summed E-state index contributed by atoms with van der Waals surface area (Å²) in [4.78, 5) is 21.6. The second kappa shape index (κ2) is 17.4. The van der Waals surface area contributed by atoms with Crippen molar-refractivity contribution in [1.82, 2.24) is 19.9 Å². The van der Waals surface area contributed by atoms with Gasteiger partial charge in [-0.15, -0.1) is 22.7 Å². The van der Waals surface area contributed by atoms with Crippen LogP contribution in [0.2, 0.25) is 0 Å². The van der Waals surface area contributed by atoms with Crippen LogP contribution < -0.4 is 0 Å². The van der Waals surface area contributed by atoms with E-state index in [4.69, 9.17) is 19.9 Å². The molecule has 74 heavy (non-hydrogen) atoms. The van der Waals surface area contributed by atoms with Crippen LogP contribution in [0.3, 0.4) is 0 Å². The fourth-order valence-electron chi connectivity index (χ4n) is 11.7. The van der Waals surface area contributed by atoms with Crippen LogP contribution >= 0.6 is 22.7 Å². The fourth-order valence-corrected chi connectivity index (χ4v) is 13.6. The molecule has 0 saturated carbocycles. The lowest BCUT2D eigenvalue weighted by Gasteiger charge is -2.42. The average molecular weight is 979 g/mol. The minimum Gasteiger partial charge on any atom is -0.228 e. The zero-order valence-electron chi connectivity index (χ0n) is 39.9. The maximum atomic E-state index is 5.46. The quantitative estimate of drug-likeness (QED) is 0.152. The van der Waals surface area contributed by atoms with Crippen LogP contribution in [-0.2, 0) is 0 Å². The van der Waals surface area contributed by atoms with Gasteiger partial charge in [0.15, 0.2) is 11.6 Å². The Hall–Kier alpha value is -8.94. The summed E-state index contributed by atoms with van der Waals surface area (Å²) in [5, 5.41) is 7.06. The minimum absolute atomic E-state index is 0.0269. The van der Waals surface area contributed by atoms with Crippen LogP contribution in [0.5, 0.6) is 0 Å². The lowest BCUT2D eigenvalue weighted by Crippen LogP contribution is -2.27. The van der Waals surface area contributed by atoms with Crippen molar-refractivity contribution in [1.29, 1.82) is 0 Å². The van der Waals surface area contributed by atoms with E-state index in [0.717, 1.165) is 67.3 Å². The highest BCUT2D eigenvalue weighted by molar-refractivity contribution is 7.18. The Kier molecular flexibility index (Phi) is 10.0. The number of hydrogen-bond donors (Lipinski definition) is 0. The normalized spacial score (nSPS) is 14.2. The lowest BCUT2D eigenvalue weighted by molar-refractivity contribution is 0.754. The molecule has 0 aliphatic heterocycles. The van der Waals surface area contributed by atoms with Crippen molar-refractivity contribution in [3.8, 4) is 90.1 Å². The van der Waals surface area contributed by atoms with E-state index in [1.165, 1.54) is 64.7 Å². The van der Waals surface area contributed by atoms with E-state index in [2.05, 4.69) is 241 Å². The maximum absolute atomic E-state index is 5.46. The Morgan fingerprint density at radius 2 is 0.622 bits per heavy atom. The summed E-state index contributed by atoms with van der Waals surface area (Å²) >= 11 is 3.56. The summed E-state index contributed by atoms with van der Waals surface area (Å²) in [5.41, 5.74) is 22.5. The topological polar surface area (TPSA) is 51.6 Å². The van der Waals surface area contributed by atoms with Gasteiger partial charge in [0.05, 0.1) is 22.8 Å². The highest BCUT2D eigenvalue weighted by Gasteiger charge is 2.41. The van der Waals surface area contributed by atoms with Gasteiger partial charge in [-0.3, -0.25) is 0 Å². The molecular weight excluding hydrogens is 937 g/mol. The Labute approximate surface area is 436 Å². The molecule has 0 saturated heterocycles. The van der Waals surface area contributed by atoms with Gasteiger partial charge < -0.3 is 0 Å². The molecule has 3 aliphatic carbocycles.